The zero-order chi connectivity index (χ0) is 11.3. The van der Waals surface area contributed by atoms with Crippen LogP contribution in [-0.2, 0) is 12.8 Å². The summed E-state index contributed by atoms with van der Waals surface area (Å²) in [4.78, 5) is 6.95. The van der Waals surface area contributed by atoms with E-state index in [1.165, 1.54) is 40.0 Å². The maximum absolute atomic E-state index is 6.08. The highest BCUT2D eigenvalue weighted by molar-refractivity contribution is 7.73. The fourth-order valence-corrected chi connectivity index (χ4v) is 4.91. The summed E-state index contributed by atoms with van der Waals surface area (Å²) in [5, 5.41) is 2.03. The van der Waals surface area contributed by atoms with Gasteiger partial charge in [-0.3, -0.25) is 0 Å². The minimum Gasteiger partial charge on any atom is -0.390 e. The van der Waals surface area contributed by atoms with Crippen LogP contribution in [0.3, 0.4) is 0 Å². The van der Waals surface area contributed by atoms with Gasteiger partial charge in [-0.1, -0.05) is 18.3 Å². The lowest BCUT2D eigenvalue weighted by molar-refractivity contribution is 0.509. The predicted molar refractivity (Wildman–Crippen MR) is 73.9 cm³/mol. The van der Waals surface area contributed by atoms with Crippen molar-refractivity contribution in [1.29, 1.82) is 0 Å². The van der Waals surface area contributed by atoms with Gasteiger partial charge in [0, 0.05) is 10.3 Å². The molecule has 0 bridgehead atoms. The first-order valence-electron chi connectivity index (χ1n) is 5.36. The lowest BCUT2D eigenvalue weighted by atomic mass is 9.89. The highest BCUT2D eigenvalue weighted by Crippen LogP contribution is 2.40. The van der Waals surface area contributed by atoms with Gasteiger partial charge < -0.3 is 5.73 Å². The molecule has 1 aliphatic rings. The van der Waals surface area contributed by atoms with Crippen LogP contribution in [0.1, 0.15) is 23.8 Å². The number of aryl methyl sites for hydroxylation is 1. The Balaban J connectivity index is 2.33. The smallest absolute Gasteiger partial charge is 0.183 e. The second-order valence-corrected chi connectivity index (χ2v) is 7.14. The summed E-state index contributed by atoms with van der Waals surface area (Å²) in [5.41, 5.74) is 7.52. The van der Waals surface area contributed by atoms with E-state index in [0.29, 0.717) is 3.95 Å². The number of rotatable bonds is 0. The number of hydrogen-bond acceptors (Lipinski definition) is 5. The molecule has 0 unspecified atom stereocenters. The van der Waals surface area contributed by atoms with Crippen LogP contribution < -0.4 is 5.73 Å². The summed E-state index contributed by atoms with van der Waals surface area (Å²) in [6.45, 7) is 2.31. The third-order valence-electron chi connectivity index (χ3n) is 3.13. The van der Waals surface area contributed by atoms with Crippen LogP contribution in [0.4, 0.5) is 5.00 Å². The molecule has 5 heteroatoms. The molecule has 0 fully saturated rings. The van der Waals surface area contributed by atoms with Gasteiger partial charge in [0.2, 0.25) is 0 Å². The van der Waals surface area contributed by atoms with Gasteiger partial charge >= 0.3 is 0 Å². The van der Waals surface area contributed by atoms with Crippen LogP contribution in [0.2, 0.25) is 0 Å². The van der Waals surface area contributed by atoms with Crippen LogP contribution in [-0.4, -0.2) is 4.98 Å². The van der Waals surface area contributed by atoms with Crippen molar-refractivity contribution in [3.05, 3.63) is 14.4 Å². The lowest BCUT2D eigenvalue weighted by Gasteiger charge is -2.17. The van der Waals surface area contributed by atoms with Crippen LogP contribution in [0.15, 0.2) is 0 Å². The molecule has 0 aromatic carbocycles. The molecular formula is C11H12N2S3. The first kappa shape index (κ1) is 10.6. The van der Waals surface area contributed by atoms with Gasteiger partial charge in [0.15, 0.2) is 3.95 Å². The second kappa shape index (κ2) is 3.75. The number of thiophene rings is 1. The van der Waals surface area contributed by atoms with E-state index < -0.39 is 0 Å². The van der Waals surface area contributed by atoms with Gasteiger partial charge in [0.05, 0.1) is 5.00 Å². The SMILES string of the molecule is C[C@@H]1CCc2c(sc3nc(=S)sc(N)c23)C1. The minimum atomic E-state index is 0.650. The van der Waals surface area contributed by atoms with Crippen molar-refractivity contribution in [1.82, 2.24) is 4.98 Å². The van der Waals surface area contributed by atoms with Crippen molar-refractivity contribution >= 4 is 50.1 Å². The molecule has 84 valence electrons. The van der Waals surface area contributed by atoms with E-state index in [9.17, 15) is 0 Å². The maximum Gasteiger partial charge on any atom is 0.183 e. The predicted octanol–water partition coefficient (Wildman–Crippen LogP) is 3.79. The van der Waals surface area contributed by atoms with Gasteiger partial charge in [-0.25, -0.2) is 4.98 Å². The summed E-state index contributed by atoms with van der Waals surface area (Å²) >= 11 is 8.33. The van der Waals surface area contributed by atoms with E-state index in [-0.39, 0.29) is 0 Å². The average Bonchev–Trinajstić information content (AvgIpc) is 2.54. The Morgan fingerprint density at radius 3 is 3.06 bits per heavy atom. The summed E-state index contributed by atoms with van der Waals surface area (Å²) in [7, 11) is 0. The number of nitrogen functional groups attached to an aromatic ring is 1. The monoisotopic (exact) mass is 268 g/mol. The van der Waals surface area contributed by atoms with E-state index in [0.717, 1.165) is 22.2 Å². The summed E-state index contributed by atoms with van der Waals surface area (Å²) in [6.07, 6.45) is 3.58. The number of anilines is 1. The average molecular weight is 268 g/mol. The van der Waals surface area contributed by atoms with Crippen LogP contribution in [0.5, 0.6) is 0 Å². The molecule has 2 nitrogen and oxygen atoms in total. The lowest BCUT2D eigenvalue weighted by Crippen LogP contribution is -2.08. The van der Waals surface area contributed by atoms with Crippen LogP contribution >= 0.6 is 34.9 Å². The quantitative estimate of drug-likeness (QED) is 0.739. The Morgan fingerprint density at radius 1 is 1.44 bits per heavy atom. The molecule has 0 aliphatic heterocycles. The Labute approximate surface area is 107 Å². The second-order valence-electron chi connectivity index (χ2n) is 4.38. The number of nitrogens with two attached hydrogens (primary N) is 1. The molecule has 16 heavy (non-hydrogen) atoms. The van der Waals surface area contributed by atoms with E-state index in [1.54, 1.807) is 11.3 Å². The van der Waals surface area contributed by atoms with Gasteiger partial charge in [-0.05, 0) is 43.0 Å². The van der Waals surface area contributed by atoms with Crippen molar-refractivity contribution in [2.24, 2.45) is 5.92 Å². The molecule has 2 aromatic rings. The topological polar surface area (TPSA) is 38.9 Å². The zero-order valence-electron chi connectivity index (χ0n) is 8.95. The van der Waals surface area contributed by atoms with Crippen LogP contribution in [0.25, 0.3) is 10.2 Å². The fourth-order valence-electron chi connectivity index (χ4n) is 2.32. The van der Waals surface area contributed by atoms with E-state index in [4.69, 9.17) is 18.0 Å². The largest absolute Gasteiger partial charge is 0.390 e. The third-order valence-corrected chi connectivity index (χ3v) is 5.31. The summed E-state index contributed by atoms with van der Waals surface area (Å²) in [6, 6.07) is 0. The van der Waals surface area contributed by atoms with E-state index in [2.05, 4.69) is 11.9 Å². The van der Waals surface area contributed by atoms with Crippen molar-refractivity contribution in [3.63, 3.8) is 0 Å². The highest BCUT2D eigenvalue weighted by Gasteiger charge is 2.22. The Kier molecular flexibility index (Phi) is 2.49. The molecular weight excluding hydrogens is 256 g/mol. The molecule has 1 atom stereocenters. The van der Waals surface area contributed by atoms with E-state index >= 15 is 0 Å². The number of nitrogens with zero attached hydrogens (tertiary/aromatic N) is 1. The third kappa shape index (κ3) is 1.58. The molecule has 0 saturated carbocycles. The molecule has 2 aromatic heterocycles. The fraction of sp³-hybridized carbons (Fsp3) is 0.455. The molecule has 0 radical (unpaired) electrons. The molecule has 3 rings (SSSR count). The molecule has 2 heterocycles. The van der Waals surface area contributed by atoms with Crippen LogP contribution in [0, 0.1) is 9.87 Å². The van der Waals surface area contributed by atoms with Gasteiger partial charge in [0.1, 0.15) is 4.83 Å². The van der Waals surface area contributed by atoms with Crippen molar-refractivity contribution in [3.8, 4) is 0 Å². The summed E-state index contributed by atoms with van der Waals surface area (Å²) in [5.74, 6) is 0.786. The van der Waals surface area contributed by atoms with E-state index in [1.807, 2.05) is 0 Å². The number of fused-ring (bicyclic) bond motifs is 3. The van der Waals surface area contributed by atoms with Crippen molar-refractivity contribution < 1.29 is 0 Å². The molecule has 2 N–H and O–H groups in total. The first-order valence-corrected chi connectivity index (χ1v) is 7.40. The van der Waals surface area contributed by atoms with Gasteiger partial charge in [-0.15, -0.1) is 11.3 Å². The van der Waals surface area contributed by atoms with Gasteiger partial charge in [0.25, 0.3) is 0 Å². The van der Waals surface area contributed by atoms with Crippen molar-refractivity contribution in [2.45, 2.75) is 26.2 Å². The Morgan fingerprint density at radius 2 is 2.25 bits per heavy atom. The number of aromatic nitrogens is 1. The minimum absolute atomic E-state index is 0.650. The zero-order valence-corrected chi connectivity index (χ0v) is 11.4. The molecule has 0 spiro atoms. The molecule has 0 saturated heterocycles. The number of hydrogen-bond donors (Lipinski definition) is 1. The normalized spacial score (nSPS) is 19.9. The molecule has 0 amide bonds. The first-order chi connectivity index (χ1) is 7.65. The highest BCUT2D eigenvalue weighted by atomic mass is 32.1. The Hall–Kier alpha value is -0.520. The summed E-state index contributed by atoms with van der Waals surface area (Å²) < 4.78 is 0.650. The molecule has 1 aliphatic carbocycles. The van der Waals surface area contributed by atoms with Crippen molar-refractivity contribution in [2.75, 3.05) is 5.73 Å². The standard InChI is InChI=1S/C11H12N2S3/c1-5-2-3-6-7(4-5)15-10-8(6)9(12)16-11(14)13-10/h5H,2-4,12H2,1H3/t5-/m1/s1. The Bertz CT molecular complexity index is 611. The van der Waals surface area contributed by atoms with Gasteiger partial charge in [-0.2, -0.15) is 0 Å². The maximum atomic E-state index is 6.08.